The first kappa shape index (κ1) is 19.2. The summed E-state index contributed by atoms with van der Waals surface area (Å²) in [5, 5.41) is 2.99. The van der Waals surface area contributed by atoms with E-state index in [0.717, 1.165) is 16.6 Å². The van der Waals surface area contributed by atoms with Crippen molar-refractivity contribution in [1.29, 1.82) is 0 Å². The molecule has 2 amide bonds. The van der Waals surface area contributed by atoms with Gasteiger partial charge in [-0.15, -0.1) is 0 Å². The first-order chi connectivity index (χ1) is 12.2. The molecule has 1 N–H and O–H groups in total. The fourth-order valence-corrected chi connectivity index (χ4v) is 3.22. The lowest BCUT2D eigenvalue weighted by molar-refractivity contribution is -0.0641. The number of nitrogens with zero attached hydrogens (tertiary/aromatic N) is 1. The van der Waals surface area contributed by atoms with Crippen LogP contribution in [0, 0.1) is 6.92 Å². The molecular weight excluding hydrogens is 331 g/mol. The number of benzene rings is 1. The van der Waals surface area contributed by atoms with Crippen LogP contribution in [0.5, 0.6) is 0 Å². The van der Waals surface area contributed by atoms with Crippen molar-refractivity contribution in [1.82, 2.24) is 10.2 Å². The standard InChI is InChI=1S/C19H29BN2O4/c1-13(2)25-17-10-22(11-17)18(23)21-9-15-6-7-16(8-14(15)3)20-24-12-19(4,5)26-20/h6-8,13,17H,9-12H2,1-5H3,(H,21,23). The topological polar surface area (TPSA) is 60.0 Å². The predicted molar refractivity (Wildman–Crippen MR) is 102 cm³/mol. The summed E-state index contributed by atoms with van der Waals surface area (Å²) >= 11 is 0. The van der Waals surface area contributed by atoms with Crippen molar-refractivity contribution in [3.63, 3.8) is 0 Å². The molecule has 142 valence electrons. The Hall–Kier alpha value is -1.57. The lowest BCUT2D eigenvalue weighted by Crippen LogP contribution is -2.58. The number of urea groups is 1. The summed E-state index contributed by atoms with van der Waals surface area (Å²) in [6.07, 6.45) is 0.363. The summed E-state index contributed by atoms with van der Waals surface area (Å²) in [5.41, 5.74) is 2.97. The van der Waals surface area contributed by atoms with E-state index in [1.807, 2.05) is 46.8 Å². The number of aryl methyl sites for hydroxylation is 1. The van der Waals surface area contributed by atoms with E-state index in [1.165, 1.54) is 0 Å². The number of hydrogen-bond acceptors (Lipinski definition) is 4. The first-order valence-corrected chi connectivity index (χ1v) is 9.30. The van der Waals surface area contributed by atoms with Gasteiger partial charge in [0.15, 0.2) is 0 Å². The van der Waals surface area contributed by atoms with Crippen LogP contribution in [0.15, 0.2) is 18.2 Å². The SMILES string of the molecule is Cc1cc(B2OCC(C)(C)O2)ccc1CNC(=O)N1CC(OC(C)C)C1. The molecule has 6 nitrogen and oxygen atoms in total. The van der Waals surface area contributed by atoms with Crippen LogP contribution in [0.1, 0.15) is 38.8 Å². The van der Waals surface area contributed by atoms with E-state index in [-0.39, 0.29) is 31.0 Å². The maximum Gasteiger partial charge on any atom is 0.494 e. The van der Waals surface area contributed by atoms with Gasteiger partial charge in [-0.25, -0.2) is 4.79 Å². The van der Waals surface area contributed by atoms with Crippen LogP contribution in [0.3, 0.4) is 0 Å². The number of likely N-dealkylation sites (tertiary alicyclic amines) is 1. The summed E-state index contributed by atoms with van der Waals surface area (Å²) in [5.74, 6) is 0. The second-order valence-corrected chi connectivity index (χ2v) is 8.08. The molecule has 2 aliphatic heterocycles. The van der Waals surface area contributed by atoms with Crippen LogP contribution in [0.4, 0.5) is 4.79 Å². The molecule has 1 aromatic rings. The third-order valence-electron chi connectivity index (χ3n) is 4.68. The van der Waals surface area contributed by atoms with Crippen LogP contribution in [-0.2, 0) is 20.6 Å². The quantitative estimate of drug-likeness (QED) is 0.814. The summed E-state index contributed by atoms with van der Waals surface area (Å²) in [4.78, 5) is 14.0. The molecule has 0 saturated carbocycles. The largest absolute Gasteiger partial charge is 0.494 e. The number of amides is 2. The van der Waals surface area contributed by atoms with Crippen molar-refractivity contribution in [2.75, 3.05) is 19.7 Å². The predicted octanol–water partition coefficient (Wildman–Crippen LogP) is 1.83. The van der Waals surface area contributed by atoms with E-state index in [2.05, 4.69) is 11.4 Å². The normalized spacial score (nSPS) is 19.8. The number of rotatable bonds is 5. The van der Waals surface area contributed by atoms with Crippen molar-refractivity contribution >= 4 is 18.6 Å². The van der Waals surface area contributed by atoms with Crippen LogP contribution in [-0.4, -0.2) is 55.6 Å². The highest BCUT2D eigenvalue weighted by Crippen LogP contribution is 2.20. The lowest BCUT2D eigenvalue weighted by atomic mass is 9.78. The van der Waals surface area contributed by atoms with Crippen LogP contribution < -0.4 is 10.8 Å². The monoisotopic (exact) mass is 360 g/mol. The minimum atomic E-state index is -0.314. The Morgan fingerprint density at radius 1 is 1.42 bits per heavy atom. The zero-order chi connectivity index (χ0) is 18.9. The number of nitrogens with one attached hydrogen (secondary N) is 1. The van der Waals surface area contributed by atoms with Gasteiger partial charge in [0.2, 0.25) is 0 Å². The second-order valence-electron chi connectivity index (χ2n) is 8.08. The molecule has 2 fully saturated rings. The molecule has 0 unspecified atom stereocenters. The van der Waals surface area contributed by atoms with Crippen LogP contribution in [0.2, 0.25) is 0 Å². The number of ether oxygens (including phenoxy) is 1. The highest BCUT2D eigenvalue weighted by Gasteiger charge is 2.38. The van der Waals surface area contributed by atoms with Gasteiger partial charge in [0, 0.05) is 6.54 Å². The summed E-state index contributed by atoms with van der Waals surface area (Å²) in [7, 11) is -0.314. The van der Waals surface area contributed by atoms with E-state index < -0.39 is 0 Å². The summed E-state index contributed by atoms with van der Waals surface area (Å²) in [6.45, 7) is 12.5. The lowest BCUT2D eigenvalue weighted by Gasteiger charge is -2.39. The molecule has 2 heterocycles. The van der Waals surface area contributed by atoms with Gasteiger partial charge in [-0.05, 0) is 51.2 Å². The molecule has 2 saturated heterocycles. The Labute approximate surface area is 156 Å². The molecule has 0 aromatic heterocycles. The maximum absolute atomic E-state index is 12.2. The van der Waals surface area contributed by atoms with E-state index in [4.69, 9.17) is 14.0 Å². The molecule has 2 aliphatic rings. The Bertz CT molecular complexity index is 659. The van der Waals surface area contributed by atoms with E-state index in [0.29, 0.717) is 26.2 Å². The van der Waals surface area contributed by atoms with Gasteiger partial charge < -0.3 is 24.3 Å². The molecule has 26 heavy (non-hydrogen) atoms. The Morgan fingerprint density at radius 3 is 2.73 bits per heavy atom. The highest BCUT2D eigenvalue weighted by molar-refractivity contribution is 6.61. The van der Waals surface area contributed by atoms with Gasteiger partial charge in [-0.1, -0.05) is 18.2 Å². The third-order valence-corrected chi connectivity index (χ3v) is 4.68. The third kappa shape index (κ3) is 4.58. The molecule has 1 aromatic carbocycles. The molecule has 7 heteroatoms. The smallest absolute Gasteiger partial charge is 0.404 e. The van der Waals surface area contributed by atoms with Crippen LogP contribution in [0.25, 0.3) is 0 Å². The van der Waals surface area contributed by atoms with Crippen molar-refractivity contribution in [2.24, 2.45) is 0 Å². The fourth-order valence-electron chi connectivity index (χ4n) is 3.22. The average molecular weight is 360 g/mol. The molecule has 0 aliphatic carbocycles. The molecular formula is C19H29BN2O4. The first-order valence-electron chi connectivity index (χ1n) is 9.30. The molecule has 0 bridgehead atoms. The molecule has 0 spiro atoms. The molecule has 0 radical (unpaired) electrons. The zero-order valence-corrected chi connectivity index (χ0v) is 16.4. The number of hydrogen-bond donors (Lipinski definition) is 1. The van der Waals surface area contributed by atoms with Gasteiger partial charge in [-0.2, -0.15) is 0 Å². The van der Waals surface area contributed by atoms with Gasteiger partial charge in [0.05, 0.1) is 37.5 Å². The Kier molecular flexibility index (Phi) is 5.60. The van der Waals surface area contributed by atoms with Gasteiger partial charge in [0.1, 0.15) is 0 Å². The van der Waals surface area contributed by atoms with Crippen molar-refractivity contribution < 1.29 is 18.8 Å². The zero-order valence-electron chi connectivity index (χ0n) is 16.4. The second kappa shape index (κ2) is 7.58. The number of carbonyl (C=O) groups is 1. The minimum absolute atomic E-state index is 0.0405. The van der Waals surface area contributed by atoms with Gasteiger partial charge >= 0.3 is 13.1 Å². The Balaban J connectivity index is 1.49. The van der Waals surface area contributed by atoms with E-state index >= 15 is 0 Å². The summed E-state index contributed by atoms with van der Waals surface area (Å²) < 4.78 is 17.3. The summed E-state index contributed by atoms with van der Waals surface area (Å²) in [6, 6.07) is 6.07. The van der Waals surface area contributed by atoms with Gasteiger partial charge in [0.25, 0.3) is 0 Å². The Morgan fingerprint density at radius 2 is 2.15 bits per heavy atom. The van der Waals surface area contributed by atoms with E-state index in [1.54, 1.807) is 4.90 Å². The highest BCUT2D eigenvalue weighted by atomic mass is 16.7. The van der Waals surface area contributed by atoms with Crippen molar-refractivity contribution in [2.45, 2.75) is 59.0 Å². The van der Waals surface area contributed by atoms with Crippen molar-refractivity contribution in [3.05, 3.63) is 29.3 Å². The van der Waals surface area contributed by atoms with E-state index in [9.17, 15) is 4.79 Å². The minimum Gasteiger partial charge on any atom is -0.404 e. The fraction of sp³-hybridized carbons (Fsp3) is 0.632. The van der Waals surface area contributed by atoms with Crippen molar-refractivity contribution in [3.8, 4) is 0 Å². The molecule has 3 rings (SSSR count). The average Bonchev–Trinajstić information content (AvgIpc) is 2.89. The van der Waals surface area contributed by atoms with Gasteiger partial charge in [-0.3, -0.25) is 0 Å². The number of carbonyl (C=O) groups excluding carboxylic acids is 1. The maximum atomic E-state index is 12.2. The molecule has 0 atom stereocenters. The van der Waals surface area contributed by atoms with Crippen LogP contribution >= 0.6 is 0 Å².